The number of nitrogens with one attached hydrogen (secondary N) is 1. The summed E-state index contributed by atoms with van der Waals surface area (Å²) in [5, 5.41) is 3.40. The van der Waals surface area contributed by atoms with Gasteiger partial charge in [-0.2, -0.15) is 0 Å². The number of fused-ring (bicyclic) bond motifs is 1. The van der Waals surface area contributed by atoms with Crippen LogP contribution in [0.4, 0.5) is 4.79 Å². The van der Waals surface area contributed by atoms with Gasteiger partial charge >= 0.3 is 6.09 Å². The number of benzene rings is 1. The number of hydrogen-bond acceptors (Lipinski definition) is 5. The lowest BCUT2D eigenvalue weighted by Gasteiger charge is -2.18. The van der Waals surface area contributed by atoms with Gasteiger partial charge in [-0.05, 0) is 77.6 Å². The van der Waals surface area contributed by atoms with Gasteiger partial charge in [-0.3, -0.25) is 4.79 Å². The smallest absolute Gasteiger partial charge is 0.399 e. The van der Waals surface area contributed by atoms with Crippen molar-refractivity contribution in [2.75, 3.05) is 33.2 Å². The molecule has 1 fully saturated rings. The maximum atomic E-state index is 13.0. The van der Waals surface area contributed by atoms with Crippen LogP contribution in [0.1, 0.15) is 27.9 Å². The molecule has 6 nitrogen and oxygen atoms in total. The molecule has 0 spiro atoms. The Labute approximate surface area is 183 Å². The molecule has 2 aromatic rings. The van der Waals surface area contributed by atoms with Crippen LogP contribution in [0.15, 0.2) is 34.1 Å². The monoisotopic (exact) mass is 477 g/mol. The van der Waals surface area contributed by atoms with Crippen molar-refractivity contribution >= 4 is 39.3 Å². The van der Waals surface area contributed by atoms with Gasteiger partial charge in [0.15, 0.2) is 5.06 Å². The van der Waals surface area contributed by atoms with Gasteiger partial charge < -0.3 is 19.9 Å². The number of halogens is 1. The number of likely N-dealkylation sites (tertiary alicyclic amines) is 1. The Morgan fingerprint density at radius 3 is 2.69 bits per heavy atom. The number of ether oxygens (including phenoxy) is 1. The van der Waals surface area contributed by atoms with Gasteiger partial charge in [-0.25, -0.2) is 4.79 Å². The van der Waals surface area contributed by atoms with Gasteiger partial charge in [-0.1, -0.05) is 17.4 Å². The van der Waals surface area contributed by atoms with E-state index in [1.807, 2.05) is 17.0 Å². The van der Waals surface area contributed by atoms with Crippen molar-refractivity contribution in [1.82, 2.24) is 15.1 Å². The van der Waals surface area contributed by atoms with Crippen LogP contribution in [-0.4, -0.2) is 61.1 Å². The molecule has 0 aliphatic carbocycles. The van der Waals surface area contributed by atoms with Gasteiger partial charge in [-0.15, -0.1) is 0 Å². The van der Waals surface area contributed by atoms with Gasteiger partial charge in [0.25, 0.3) is 5.91 Å². The van der Waals surface area contributed by atoms with Crippen LogP contribution in [0, 0.1) is 0 Å². The zero-order valence-corrected chi connectivity index (χ0v) is 18.7. The second-order valence-corrected chi connectivity index (χ2v) is 10.0. The van der Waals surface area contributed by atoms with Gasteiger partial charge in [0.1, 0.15) is 0 Å². The summed E-state index contributed by atoms with van der Waals surface area (Å²) in [5.41, 5.74) is 3.36. The Morgan fingerprint density at radius 1 is 1.14 bits per heavy atom. The molecule has 1 aromatic heterocycles. The molecule has 0 radical (unpaired) electrons. The predicted molar refractivity (Wildman–Crippen MR) is 117 cm³/mol. The summed E-state index contributed by atoms with van der Waals surface area (Å²) in [5.74, 6) is 0.0326. The maximum absolute atomic E-state index is 13.0. The Kier molecular flexibility index (Phi) is 6.22. The lowest BCUT2D eigenvalue weighted by Crippen LogP contribution is -2.39. The number of carbonyl (C=O) groups excluding carboxylic acids is 2. The zero-order chi connectivity index (χ0) is 20.4. The van der Waals surface area contributed by atoms with Crippen LogP contribution < -0.4 is 10.1 Å². The SMILES string of the molecule is CN1CCc2ccc(C(=O)N3CCC(NC(=O)Oc4ccc(Br)s4)C3)cc2CC1. The van der Waals surface area contributed by atoms with Crippen LogP contribution in [-0.2, 0) is 12.8 Å². The second kappa shape index (κ2) is 8.85. The molecule has 1 N–H and O–H groups in total. The van der Waals surface area contributed by atoms with Gasteiger partial charge in [0, 0.05) is 31.7 Å². The molecule has 154 valence electrons. The molecule has 1 aromatic carbocycles. The summed E-state index contributed by atoms with van der Waals surface area (Å²) in [4.78, 5) is 29.2. The Bertz CT molecular complexity index is 916. The van der Waals surface area contributed by atoms with Crippen molar-refractivity contribution in [2.24, 2.45) is 0 Å². The van der Waals surface area contributed by atoms with Crippen molar-refractivity contribution < 1.29 is 14.3 Å². The third-order valence-electron chi connectivity index (χ3n) is 5.52. The Hall–Kier alpha value is -1.90. The fraction of sp³-hybridized carbons (Fsp3) is 0.429. The fourth-order valence-electron chi connectivity index (χ4n) is 3.86. The molecular weight excluding hydrogens is 454 g/mol. The van der Waals surface area contributed by atoms with E-state index in [4.69, 9.17) is 4.74 Å². The van der Waals surface area contributed by atoms with E-state index in [2.05, 4.69) is 45.3 Å². The van der Waals surface area contributed by atoms with Crippen molar-refractivity contribution in [2.45, 2.75) is 25.3 Å². The van der Waals surface area contributed by atoms with E-state index in [0.29, 0.717) is 18.2 Å². The van der Waals surface area contributed by atoms with Crippen LogP contribution >= 0.6 is 27.3 Å². The van der Waals surface area contributed by atoms with Gasteiger partial charge in [0.05, 0.1) is 9.83 Å². The Morgan fingerprint density at radius 2 is 1.93 bits per heavy atom. The first-order valence-corrected chi connectivity index (χ1v) is 11.4. The molecule has 1 atom stereocenters. The molecule has 3 heterocycles. The first kappa shape index (κ1) is 20.4. The number of nitrogens with zero attached hydrogens (tertiary/aromatic N) is 2. The van der Waals surface area contributed by atoms with Gasteiger partial charge in [0.2, 0.25) is 0 Å². The summed E-state index contributed by atoms with van der Waals surface area (Å²) >= 11 is 4.70. The quantitative estimate of drug-likeness (QED) is 0.733. The van der Waals surface area contributed by atoms with Crippen LogP contribution in [0.3, 0.4) is 0 Å². The number of rotatable bonds is 3. The van der Waals surface area contributed by atoms with Crippen molar-refractivity contribution in [1.29, 1.82) is 0 Å². The Balaban J connectivity index is 1.34. The standard InChI is InChI=1S/C21H24BrN3O3S/c1-24-9-6-14-2-3-16(12-15(14)7-10-24)20(26)25-11-8-17(13-25)23-21(27)28-19-5-4-18(22)29-19/h2-5,12,17H,6-11,13H2,1H3,(H,23,27). The van der Waals surface area contributed by atoms with E-state index in [-0.39, 0.29) is 11.9 Å². The first-order valence-electron chi connectivity index (χ1n) is 9.81. The van der Waals surface area contributed by atoms with Crippen LogP contribution in [0.2, 0.25) is 0 Å². The predicted octanol–water partition coefficient (Wildman–Crippen LogP) is 3.54. The van der Waals surface area contributed by atoms with Crippen molar-refractivity contribution in [3.63, 3.8) is 0 Å². The van der Waals surface area contributed by atoms with E-state index in [0.717, 1.165) is 41.7 Å². The molecule has 8 heteroatoms. The molecule has 2 aliphatic rings. The summed E-state index contributed by atoms with van der Waals surface area (Å²) in [6.07, 6.45) is 2.25. The normalized spacial score (nSPS) is 19.5. The lowest BCUT2D eigenvalue weighted by molar-refractivity contribution is 0.0788. The molecule has 0 bridgehead atoms. The third kappa shape index (κ3) is 4.99. The number of thiophene rings is 1. The average Bonchev–Trinajstić information content (AvgIpc) is 3.28. The summed E-state index contributed by atoms with van der Waals surface area (Å²) in [6.45, 7) is 3.21. The highest BCUT2D eigenvalue weighted by Crippen LogP contribution is 2.28. The second-order valence-electron chi connectivity index (χ2n) is 7.62. The topological polar surface area (TPSA) is 61.9 Å². The number of amides is 2. The van der Waals surface area contributed by atoms with E-state index >= 15 is 0 Å². The maximum Gasteiger partial charge on any atom is 0.413 e. The molecule has 1 saturated heterocycles. The summed E-state index contributed by atoms with van der Waals surface area (Å²) < 4.78 is 6.20. The minimum absolute atomic E-state index is 0.0326. The third-order valence-corrected chi connectivity index (χ3v) is 7.02. The first-order chi connectivity index (χ1) is 14.0. The number of likely N-dealkylation sites (N-methyl/N-ethyl adjacent to an activating group) is 1. The molecule has 0 saturated carbocycles. The van der Waals surface area contributed by atoms with E-state index < -0.39 is 6.09 Å². The fourth-order valence-corrected chi connectivity index (χ4v) is 5.05. The highest BCUT2D eigenvalue weighted by Gasteiger charge is 2.29. The van der Waals surface area contributed by atoms with E-state index in [9.17, 15) is 9.59 Å². The average molecular weight is 478 g/mol. The molecule has 2 amide bonds. The highest BCUT2D eigenvalue weighted by molar-refractivity contribution is 9.11. The van der Waals surface area contributed by atoms with E-state index in [1.165, 1.54) is 22.5 Å². The van der Waals surface area contributed by atoms with Crippen LogP contribution in [0.5, 0.6) is 5.06 Å². The van der Waals surface area contributed by atoms with Crippen molar-refractivity contribution in [3.8, 4) is 5.06 Å². The summed E-state index contributed by atoms with van der Waals surface area (Å²) in [6, 6.07) is 9.58. The molecule has 29 heavy (non-hydrogen) atoms. The lowest BCUT2D eigenvalue weighted by atomic mass is 9.99. The minimum atomic E-state index is -0.479. The largest absolute Gasteiger partial charge is 0.413 e. The molecule has 4 rings (SSSR count). The number of hydrogen-bond donors (Lipinski definition) is 1. The highest BCUT2D eigenvalue weighted by atomic mass is 79.9. The minimum Gasteiger partial charge on any atom is -0.399 e. The molecule has 1 unspecified atom stereocenters. The van der Waals surface area contributed by atoms with E-state index in [1.54, 1.807) is 6.07 Å². The van der Waals surface area contributed by atoms with Crippen molar-refractivity contribution in [3.05, 3.63) is 50.8 Å². The molecular formula is C21H24BrN3O3S. The number of carbonyl (C=O) groups is 2. The van der Waals surface area contributed by atoms with Crippen LogP contribution in [0.25, 0.3) is 0 Å². The summed E-state index contributed by atoms with van der Waals surface area (Å²) in [7, 11) is 2.14. The zero-order valence-electron chi connectivity index (χ0n) is 16.3. The molecule has 2 aliphatic heterocycles.